The molecule has 0 amide bonds. The van der Waals surface area contributed by atoms with Gasteiger partial charge in [-0.05, 0) is 31.6 Å². The van der Waals surface area contributed by atoms with Crippen LogP contribution in [0.5, 0.6) is 0 Å². The van der Waals surface area contributed by atoms with E-state index in [0.717, 1.165) is 6.42 Å². The number of allylic oxidation sites excluding steroid dienone is 2. The Balaban J connectivity index is 2.52. The Kier molecular flexibility index (Phi) is 2.50. The van der Waals surface area contributed by atoms with Crippen LogP contribution in [-0.4, -0.2) is 11.7 Å². The summed E-state index contributed by atoms with van der Waals surface area (Å²) >= 11 is 0. The first-order valence-electron chi connectivity index (χ1n) is 4.00. The molecule has 0 aromatic rings. The van der Waals surface area contributed by atoms with E-state index < -0.39 is 0 Å². The Morgan fingerprint density at radius 1 is 1.70 bits per heavy atom. The highest BCUT2D eigenvalue weighted by Gasteiger charge is 2.19. The van der Waals surface area contributed by atoms with Crippen molar-refractivity contribution >= 4 is 0 Å². The Morgan fingerprint density at radius 2 is 2.40 bits per heavy atom. The van der Waals surface area contributed by atoms with Gasteiger partial charge in [-0.15, -0.1) is 0 Å². The Labute approximate surface area is 62.8 Å². The topological polar surface area (TPSA) is 20.2 Å². The van der Waals surface area contributed by atoms with Crippen LogP contribution in [0.15, 0.2) is 11.6 Å². The van der Waals surface area contributed by atoms with E-state index in [-0.39, 0.29) is 0 Å². The Bertz CT molecular complexity index is 138. The number of hydrogen-bond acceptors (Lipinski definition) is 1. The molecule has 0 unspecified atom stereocenters. The number of aliphatic hydroxyl groups is 1. The highest BCUT2D eigenvalue weighted by Crippen LogP contribution is 2.28. The summed E-state index contributed by atoms with van der Waals surface area (Å²) in [5, 5.41) is 8.92. The second-order valence-electron chi connectivity index (χ2n) is 3.41. The third-order valence-corrected chi connectivity index (χ3v) is 2.45. The van der Waals surface area contributed by atoms with E-state index in [1.54, 1.807) is 0 Å². The molecule has 0 spiro atoms. The minimum Gasteiger partial charge on any atom is -0.396 e. The fourth-order valence-electron chi connectivity index (χ4n) is 1.60. The lowest BCUT2D eigenvalue weighted by atomic mass is 9.82. The molecular formula is C9H16O. The molecule has 1 heteroatoms. The first-order chi connectivity index (χ1) is 4.74. The molecule has 1 aliphatic carbocycles. The molecule has 0 bridgehead atoms. The molecule has 1 N–H and O–H groups in total. The summed E-state index contributed by atoms with van der Waals surface area (Å²) in [6.07, 6.45) is 4.50. The van der Waals surface area contributed by atoms with Crippen LogP contribution in [-0.2, 0) is 0 Å². The molecule has 0 aliphatic heterocycles. The van der Waals surface area contributed by atoms with Crippen molar-refractivity contribution in [1.82, 2.24) is 0 Å². The van der Waals surface area contributed by atoms with Crippen molar-refractivity contribution in [3.05, 3.63) is 11.6 Å². The van der Waals surface area contributed by atoms with Gasteiger partial charge in [-0.3, -0.25) is 0 Å². The van der Waals surface area contributed by atoms with Crippen molar-refractivity contribution in [3.8, 4) is 0 Å². The molecule has 1 nitrogen and oxygen atoms in total. The van der Waals surface area contributed by atoms with Crippen molar-refractivity contribution in [3.63, 3.8) is 0 Å². The molecule has 0 heterocycles. The molecule has 2 atom stereocenters. The van der Waals surface area contributed by atoms with Crippen LogP contribution < -0.4 is 0 Å². The number of aliphatic hydroxyl groups excluding tert-OH is 1. The van der Waals surface area contributed by atoms with E-state index in [2.05, 4.69) is 19.9 Å². The molecule has 0 saturated heterocycles. The minimum absolute atomic E-state index is 0.352. The highest BCUT2D eigenvalue weighted by atomic mass is 16.3. The lowest BCUT2D eigenvalue weighted by Gasteiger charge is -2.25. The summed E-state index contributed by atoms with van der Waals surface area (Å²) < 4.78 is 0. The maximum absolute atomic E-state index is 8.92. The quantitative estimate of drug-likeness (QED) is 0.552. The van der Waals surface area contributed by atoms with Crippen LogP contribution in [0.3, 0.4) is 0 Å². The molecule has 10 heavy (non-hydrogen) atoms. The lowest BCUT2D eigenvalue weighted by molar-refractivity contribution is 0.177. The monoisotopic (exact) mass is 140 g/mol. The van der Waals surface area contributed by atoms with Crippen LogP contribution in [0.2, 0.25) is 0 Å². The predicted molar refractivity (Wildman–Crippen MR) is 42.7 cm³/mol. The van der Waals surface area contributed by atoms with E-state index in [1.807, 2.05) is 0 Å². The molecule has 1 aliphatic rings. The van der Waals surface area contributed by atoms with Crippen molar-refractivity contribution in [2.45, 2.75) is 26.7 Å². The van der Waals surface area contributed by atoms with E-state index in [4.69, 9.17) is 5.11 Å². The number of hydrogen-bond donors (Lipinski definition) is 1. The normalized spacial score (nSPS) is 33.7. The van der Waals surface area contributed by atoms with Gasteiger partial charge in [0.25, 0.3) is 0 Å². The SMILES string of the molecule is CC1=CC[C@H](CO)[C@@H](C)C1. The van der Waals surface area contributed by atoms with Gasteiger partial charge in [0.2, 0.25) is 0 Å². The highest BCUT2D eigenvalue weighted by molar-refractivity contribution is 5.04. The second-order valence-corrected chi connectivity index (χ2v) is 3.41. The van der Waals surface area contributed by atoms with Crippen molar-refractivity contribution < 1.29 is 5.11 Å². The lowest BCUT2D eigenvalue weighted by Crippen LogP contribution is -2.18. The summed E-state index contributed by atoms with van der Waals surface area (Å²) in [7, 11) is 0. The Hall–Kier alpha value is -0.300. The van der Waals surface area contributed by atoms with Crippen LogP contribution in [0.4, 0.5) is 0 Å². The van der Waals surface area contributed by atoms with Gasteiger partial charge >= 0.3 is 0 Å². The average molecular weight is 140 g/mol. The third-order valence-electron chi connectivity index (χ3n) is 2.45. The predicted octanol–water partition coefficient (Wildman–Crippen LogP) is 1.97. The molecule has 0 fully saturated rings. The van der Waals surface area contributed by atoms with Crippen LogP contribution in [0.25, 0.3) is 0 Å². The molecule has 0 aromatic heterocycles. The zero-order valence-electron chi connectivity index (χ0n) is 6.80. The van der Waals surface area contributed by atoms with Gasteiger partial charge in [0.05, 0.1) is 0 Å². The summed E-state index contributed by atoms with van der Waals surface area (Å²) in [6.45, 7) is 4.74. The molecule has 1 rings (SSSR count). The van der Waals surface area contributed by atoms with E-state index in [1.165, 1.54) is 12.0 Å². The fraction of sp³-hybridized carbons (Fsp3) is 0.778. The standard InChI is InChI=1S/C9H16O/c1-7-3-4-9(6-10)8(2)5-7/h3,8-10H,4-6H2,1-2H3/t8-,9+/m0/s1. The molecule has 0 saturated carbocycles. The zero-order valence-corrected chi connectivity index (χ0v) is 6.80. The molecule has 0 aromatic carbocycles. The van der Waals surface area contributed by atoms with Gasteiger partial charge in [0.1, 0.15) is 0 Å². The van der Waals surface area contributed by atoms with Gasteiger partial charge in [-0.1, -0.05) is 18.6 Å². The van der Waals surface area contributed by atoms with Gasteiger partial charge in [0.15, 0.2) is 0 Å². The van der Waals surface area contributed by atoms with Gasteiger partial charge in [-0.25, -0.2) is 0 Å². The second kappa shape index (κ2) is 3.20. The number of rotatable bonds is 1. The summed E-state index contributed by atoms with van der Waals surface area (Å²) in [6, 6.07) is 0. The van der Waals surface area contributed by atoms with Gasteiger partial charge in [0, 0.05) is 6.61 Å². The van der Waals surface area contributed by atoms with Crippen LogP contribution in [0, 0.1) is 11.8 Å². The van der Waals surface area contributed by atoms with Gasteiger partial charge in [-0.2, -0.15) is 0 Å². The maximum atomic E-state index is 8.92. The van der Waals surface area contributed by atoms with E-state index >= 15 is 0 Å². The van der Waals surface area contributed by atoms with Crippen molar-refractivity contribution in [1.29, 1.82) is 0 Å². The average Bonchev–Trinajstić information content (AvgIpc) is 1.88. The van der Waals surface area contributed by atoms with E-state index in [9.17, 15) is 0 Å². The zero-order chi connectivity index (χ0) is 7.56. The van der Waals surface area contributed by atoms with E-state index in [0.29, 0.717) is 18.4 Å². The summed E-state index contributed by atoms with van der Waals surface area (Å²) in [4.78, 5) is 0. The Morgan fingerprint density at radius 3 is 2.90 bits per heavy atom. The molecular weight excluding hydrogens is 124 g/mol. The molecule has 58 valence electrons. The van der Waals surface area contributed by atoms with Crippen LogP contribution >= 0.6 is 0 Å². The van der Waals surface area contributed by atoms with Crippen molar-refractivity contribution in [2.24, 2.45) is 11.8 Å². The third kappa shape index (κ3) is 1.60. The summed E-state index contributed by atoms with van der Waals surface area (Å²) in [5.74, 6) is 1.19. The first-order valence-corrected chi connectivity index (χ1v) is 4.00. The first kappa shape index (κ1) is 7.80. The largest absolute Gasteiger partial charge is 0.396 e. The van der Waals surface area contributed by atoms with Crippen LogP contribution in [0.1, 0.15) is 26.7 Å². The molecule has 0 radical (unpaired) electrons. The maximum Gasteiger partial charge on any atom is 0.0464 e. The minimum atomic E-state index is 0.352. The smallest absolute Gasteiger partial charge is 0.0464 e. The fourth-order valence-corrected chi connectivity index (χ4v) is 1.60. The summed E-state index contributed by atoms with van der Waals surface area (Å²) in [5.41, 5.74) is 1.48. The van der Waals surface area contributed by atoms with Crippen molar-refractivity contribution in [2.75, 3.05) is 6.61 Å². The van der Waals surface area contributed by atoms with Gasteiger partial charge < -0.3 is 5.11 Å².